The SMILES string of the molecule is COc1cc2c(Oc3ccc(NC(=O)c4nc(-c5ccccc5OC)cs4)nc3)ccnc2cc1OCC1CCNCC1. The van der Waals surface area contributed by atoms with Crippen LogP contribution in [-0.2, 0) is 0 Å². The van der Waals surface area contributed by atoms with Gasteiger partial charge in [0, 0.05) is 28.6 Å². The Balaban J connectivity index is 1.13. The van der Waals surface area contributed by atoms with Gasteiger partial charge in [0.15, 0.2) is 16.5 Å². The fourth-order valence-corrected chi connectivity index (χ4v) is 5.63. The molecule has 6 rings (SSSR count). The molecular weight excluding hydrogens is 566 g/mol. The van der Waals surface area contributed by atoms with Crippen LogP contribution < -0.4 is 29.6 Å². The lowest BCUT2D eigenvalue weighted by Crippen LogP contribution is -2.30. The molecule has 43 heavy (non-hydrogen) atoms. The van der Waals surface area contributed by atoms with Crippen molar-refractivity contribution in [2.24, 2.45) is 5.92 Å². The number of benzene rings is 2. The number of pyridine rings is 2. The highest BCUT2D eigenvalue weighted by Gasteiger charge is 2.18. The molecule has 4 heterocycles. The van der Waals surface area contributed by atoms with E-state index in [-0.39, 0.29) is 5.91 Å². The van der Waals surface area contributed by atoms with Gasteiger partial charge in [-0.05, 0) is 68.2 Å². The first-order valence-electron chi connectivity index (χ1n) is 14.0. The number of nitrogens with one attached hydrogen (secondary N) is 2. The molecule has 1 saturated heterocycles. The van der Waals surface area contributed by atoms with E-state index in [1.165, 1.54) is 11.3 Å². The number of carbonyl (C=O) groups excluding carboxylic acids is 1. The summed E-state index contributed by atoms with van der Waals surface area (Å²) in [6, 6.07) is 16.5. The van der Waals surface area contributed by atoms with Crippen molar-refractivity contribution in [1.29, 1.82) is 0 Å². The van der Waals surface area contributed by atoms with Crippen molar-refractivity contribution in [3.8, 4) is 40.0 Å². The number of anilines is 1. The zero-order valence-corrected chi connectivity index (χ0v) is 24.6. The van der Waals surface area contributed by atoms with E-state index >= 15 is 0 Å². The van der Waals surface area contributed by atoms with Crippen LogP contribution in [0.25, 0.3) is 22.2 Å². The number of piperidine rings is 1. The highest BCUT2D eigenvalue weighted by molar-refractivity contribution is 7.12. The molecule has 0 saturated carbocycles. The minimum atomic E-state index is -0.349. The highest BCUT2D eigenvalue weighted by Crippen LogP contribution is 2.37. The lowest BCUT2D eigenvalue weighted by molar-refractivity contribution is 0.102. The van der Waals surface area contributed by atoms with Gasteiger partial charge >= 0.3 is 0 Å². The summed E-state index contributed by atoms with van der Waals surface area (Å²) in [5, 5.41) is 9.10. The normalized spacial score (nSPS) is 13.4. The van der Waals surface area contributed by atoms with Crippen molar-refractivity contribution in [2.75, 3.05) is 39.2 Å². The van der Waals surface area contributed by atoms with Crippen LogP contribution >= 0.6 is 11.3 Å². The predicted molar refractivity (Wildman–Crippen MR) is 166 cm³/mol. The molecule has 1 amide bonds. The summed E-state index contributed by atoms with van der Waals surface area (Å²) in [5.74, 6) is 3.62. The minimum Gasteiger partial charge on any atom is -0.496 e. The Morgan fingerprint density at radius 1 is 0.977 bits per heavy atom. The Labute approximate surface area is 253 Å². The quantitative estimate of drug-likeness (QED) is 0.194. The first kappa shape index (κ1) is 28.4. The van der Waals surface area contributed by atoms with Gasteiger partial charge in [0.25, 0.3) is 5.91 Å². The minimum absolute atomic E-state index is 0.319. The van der Waals surface area contributed by atoms with E-state index in [1.807, 2.05) is 41.8 Å². The maximum absolute atomic E-state index is 12.9. The monoisotopic (exact) mass is 597 g/mol. The lowest BCUT2D eigenvalue weighted by Gasteiger charge is -2.23. The number of hydrogen-bond acceptors (Lipinski definition) is 10. The molecule has 3 aromatic heterocycles. The Morgan fingerprint density at radius 3 is 2.60 bits per heavy atom. The Hall–Kier alpha value is -4.74. The van der Waals surface area contributed by atoms with Crippen molar-refractivity contribution >= 4 is 34.0 Å². The summed E-state index contributed by atoms with van der Waals surface area (Å²) in [6.07, 6.45) is 5.44. The van der Waals surface area contributed by atoms with Crippen molar-refractivity contribution in [3.05, 3.63) is 77.4 Å². The number of thiazole rings is 1. The van der Waals surface area contributed by atoms with E-state index in [9.17, 15) is 4.79 Å². The van der Waals surface area contributed by atoms with Gasteiger partial charge in [0.1, 0.15) is 23.1 Å². The summed E-state index contributed by atoms with van der Waals surface area (Å²) in [5.41, 5.74) is 2.22. The molecule has 0 atom stereocenters. The third-order valence-corrected chi connectivity index (χ3v) is 8.05. The molecule has 10 nitrogen and oxygen atoms in total. The number of rotatable bonds is 10. The van der Waals surface area contributed by atoms with Gasteiger partial charge in [-0.25, -0.2) is 9.97 Å². The molecule has 0 aliphatic carbocycles. The zero-order valence-electron chi connectivity index (χ0n) is 23.8. The van der Waals surface area contributed by atoms with E-state index in [2.05, 4.69) is 25.6 Å². The third kappa shape index (κ3) is 6.52. The van der Waals surface area contributed by atoms with Crippen molar-refractivity contribution in [1.82, 2.24) is 20.3 Å². The summed E-state index contributed by atoms with van der Waals surface area (Å²) in [7, 11) is 3.23. The van der Waals surface area contributed by atoms with Crippen LogP contribution in [0.2, 0.25) is 0 Å². The second kappa shape index (κ2) is 13.1. The standard InChI is InChI=1S/C32H31N5O5S/c1-39-26-6-4-3-5-22(26)25-19-43-32(36-25)31(38)37-30-8-7-21(17-35-30)42-27-11-14-34-24-16-29(28(40-2)15-23(24)27)41-18-20-9-12-33-13-10-20/h3-8,11,14-17,19-20,33H,9-10,12-13,18H2,1-2H3,(H,35,37,38). The smallest absolute Gasteiger partial charge is 0.285 e. The number of carbonyl (C=O) groups is 1. The van der Waals surface area contributed by atoms with Gasteiger partial charge in [-0.2, -0.15) is 0 Å². The number of hydrogen-bond donors (Lipinski definition) is 2. The third-order valence-electron chi connectivity index (χ3n) is 7.21. The van der Waals surface area contributed by atoms with Crippen molar-refractivity contribution in [3.63, 3.8) is 0 Å². The number of methoxy groups -OCH3 is 2. The van der Waals surface area contributed by atoms with Crippen LogP contribution in [-0.4, -0.2) is 54.8 Å². The van der Waals surface area contributed by atoms with Gasteiger partial charge in [-0.3, -0.25) is 9.78 Å². The Morgan fingerprint density at radius 2 is 1.81 bits per heavy atom. The summed E-state index contributed by atoms with van der Waals surface area (Å²) < 4.78 is 23.4. The van der Waals surface area contributed by atoms with E-state index < -0.39 is 0 Å². The van der Waals surface area contributed by atoms with E-state index in [1.54, 1.807) is 44.8 Å². The topological polar surface area (TPSA) is 117 Å². The molecule has 0 bridgehead atoms. The molecule has 0 radical (unpaired) electrons. The first-order valence-corrected chi connectivity index (χ1v) is 14.8. The molecular formula is C32H31N5O5S. The Bertz CT molecular complexity index is 1720. The molecule has 2 aromatic carbocycles. The van der Waals surface area contributed by atoms with E-state index in [4.69, 9.17) is 18.9 Å². The molecule has 1 fully saturated rings. The summed E-state index contributed by atoms with van der Waals surface area (Å²) >= 11 is 1.25. The van der Waals surface area contributed by atoms with Gasteiger partial charge < -0.3 is 29.6 Å². The first-order chi connectivity index (χ1) is 21.1. The second-order valence-electron chi connectivity index (χ2n) is 10.0. The van der Waals surface area contributed by atoms with Gasteiger partial charge in [0.05, 0.1) is 38.2 Å². The van der Waals surface area contributed by atoms with Crippen LogP contribution in [0.3, 0.4) is 0 Å². The number of para-hydroxylation sites is 1. The van der Waals surface area contributed by atoms with Crippen molar-refractivity contribution in [2.45, 2.75) is 12.8 Å². The molecule has 2 N–H and O–H groups in total. The van der Waals surface area contributed by atoms with Crippen LogP contribution in [0.1, 0.15) is 22.6 Å². The fraction of sp³-hybridized carbons (Fsp3) is 0.250. The number of fused-ring (bicyclic) bond motifs is 1. The molecule has 0 spiro atoms. The number of ether oxygens (including phenoxy) is 4. The molecule has 5 aromatic rings. The maximum atomic E-state index is 12.9. The van der Waals surface area contributed by atoms with Crippen LogP contribution in [0.4, 0.5) is 5.82 Å². The van der Waals surface area contributed by atoms with Crippen LogP contribution in [0, 0.1) is 5.92 Å². The fourth-order valence-electron chi connectivity index (χ4n) is 4.92. The molecule has 1 aliphatic rings. The summed E-state index contributed by atoms with van der Waals surface area (Å²) in [4.78, 5) is 26.2. The van der Waals surface area contributed by atoms with Crippen molar-refractivity contribution < 1.29 is 23.7 Å². The zero-order chi connectivity index (χ0) is 29.6. The van der Waals surface area contributed by atoms with Gasteiger partial charge in [-0.1, -0.05) is 12.1 Å². The Kier molecular flexibility index (Phi) is 8.62. The number of nitrogens with zero attached hydrogens (tertiary/aromatic N) is 3. The lowest BCUT2D eigenvalue weighted by atomic mass is 9.99. The largest absolute Gasteiger partial charge is 0.496 e. The second-order valence-corrected chi connectivity index (χ2v) is 10.9. The molecule has 220 valence electrons. The summed E-state index contributed by atoms with van der Waals surface area (Å²) in [6.45, 7) is 2.68. The highest BCUT2D eigenvalue weighted by atomic mass is 32.1. The van der Waals surface area contributed by atoms with Gasteiger partial charge in [0.2, 0.25) is 0 Å². The molecule has 0 unspecified atom stereocenters. The van der Waals surface area contributed by atoms with Crippen LogP contribution in [0.15, 0.2) is 72.4 Å². The number of aromatic nitrogens is 3. The van der Waals surface area contributed by atoms with Crippen LogP contribution in [0.5, 0.6) is 28.7 Å². The number of amides is 1. The van der Waals surface area contributed by atoms with E-state index in [0.717, 1.165) is 42.4 Å². The predicted octanol–water partition coefficient (Wildman–Crippen LogP) is 6.19. The average Bonchev–Trinajstić information content (AvgIpc) is 3.55. The molecule has 1 aliphatic heterocycles. The maximum Gasteiger partial charge on any atom is 0.285 e. The van der Waals surface area contributed by atoms with Gasteiger partial charge in [-0.15, -0.1) is 11.3 Å². The molecule has 11 heteroatoms. The van der Waals surface area contributed by atoms with E-state index in [0.29, 0.717) is 57.8 Å². The average molecular weight is 598 g/mol.